The molecule has 3 aromatic rings. The topological polar surface area (TPSA) is 75.7 Å². The molecule has 0 radical (unpaired) electrons. The molecule has 162 valence electrons. The van der Waals surface area contributed by atoms with Crippen molar-refractivity contribution in [2.24, 2.45) is 0 Å². The summed E-state index contributed by atoms with van der Waals surface area (Å²) in [6, 6.07) is 16.3. The summed E-state index contributed by atoms with van der Waals surface area (Å²) in [5, 5.41) is 2.76. The fourth-order valence-electron chi connectivity index (χ4n) is 3.07. The number of nitrogens with one attached hydrogen (secondary N) is 1. The summed E-state index contributed by atoms with van der Waals surface area (Å²) in [5.41, 5.74) is 2.80. The van der Waals surface area contributed by atoms with E-state index in [1.165, 1.54) is 19.2 Å². The first-order chi connectivity index (χ1) is 14.7. The molecule has 0 heterocycles. The van der Waals surface area contributed by atoms with E-state index in [-0.39, 0.29) is 10.6 Å². The van der Waals surface area contributed by atoms with E-state index in [0.717, 1.165) is 27.6 Å². The Balaban J connectivity index is 1.94. The Morgan fingerprint density at radius 3 is 2.23 bits per heavy atom. The molecule has 0 spiro atoms. The number of methoxy groups -OCH3 is 1. The molecule has 0 aliphatic rings. The number of hydrogen-bond donors (Lipinski definition) is 1. The lowest BCUT2D eigenvalue weighted by molar-refractivity contribution is -0.114. The molecule has 3 aromatic carbocycles. The number of sulfonamides is 1. The Morgan fingerprint density at radius 1 is 1.00 bits per heavy atom. The Kier molecular flexibility index (Phi) is 6.60. The van der Waals surface area contributed by atoms with E-state index >= 15 is 0 Å². The van der Waals surface area contributed by atoms with Crippen molar-refractivity contribution in [3.05, 3.63) is 83.7 Å². The van der Waals surface area contributed by atoms with E-state index in [1.807, 2.05) is 26.0 Å². The number of ether oxygens (including phenoxy) is 1. The minimum Gasteiger partial charge on any atom is -0.497 e. The lowest BCUT2D eigenvalue weighted by Crippen LogP contribution is -2.38. The molecule has 8 heteroatoms. The highest BCUT2D eigenvalue weighted by Gasteiger charge is 2.27. The molecule has 31 heavy (non-hydrogen) atoms. The zero-order valence-corrected chi connectivity index (χ0v) is 18.2. The Hall–Kier alpha value is -3.39. The average Bonchev–Trinajstić information content (AvgIpc) is 2.74. The minimum atomic E-state index is -4.13. The van der Waals surface area contributed by atoms with Gasteiger partial charge in [-0.15, -0.1) is 0 Å². The molecule has 0 fully saturated rings. The standard InChI is InChI=1S/C23H23FN2O4S/c1-16-4-13-22(17(2)14-16)25-23(27)15-26(19-7-9-20(30-3)10-8-19)31(28,29)21-11-5-18(24)6-12-21/h4-14H,15H2,1-3H3,(H,25,27). The highest BCUT2D eigenvalue weighted by molar-refractivity contribution is 7.92. The van der Waals surface area contributed by atoms with Crippen LogP contribution >= 0.6 is 0 Å². The van der Waals surface area contributed by atoms with Gasteiger partial charge in [-0.1, -0.05) is 17.7 Å². The molecule has 1 N–H and O–H groups in total. The smallest absolute Gasteiger partial charge is 0.264 e. The maximum Gasteiger partial charge on any atom is 0.264 e. The van der Waals surface area contributed by atoms with Crippen LogP contribution in [0, 0.1) is 19.7 Å². The number of carbonyl (C=O) groups is 1. The lowest BCUT2D eigenvalue weighted by atomic mass is 10.1. The third-order valence-corrected chi connectivity index (χ3v) is 6.49. The summed E-state index contributed by atoms with van der Waals surface area (Å²) < 4.78 is 46.0. The van der Waals surface area contributed by atoms with Gasteiger partial charge in [0.05, 0.1) is 17.7 Å². The van der Waals surface area contributed by atoms with Crippen LogP contribution in [-0.2, 0) is 14.8 Å². The highest BCUT2D eigenvalue weighted by atomic mass is 32.2. The van der Waals surface area contributed by atoms with E-state index in [4.69, 9.17) is 4.74 Å². The van der Waals surface area contributed by atoms with Crippen molar-refractivity contribution >= 4 is 27.3 Å². The quantitative estimate of drug-likeness (QED) is 0.592. The van der Waals surface area contributed by atoms with Gasteiger partial charge in [0.15, 0.2) is 0 Å². The van der Waals surface area contributed by atoms with Crippen LogP contribution in [-0.4, -0.2) is 28.0 Å². The predicted octanol–water partition coefficient (Wildman–Crippen LogP) is 4.29. The first kappa shape index (κ1) is 22.3. The highest BCUT2D eigenvalue weighted by Crippen LogP contribution is 2.26. The van der Waals surface area contributed by atoms with Gasteiger partial charge in [-0.25, -0.2) is 12.8 Å². The van der Waals surface area contributed by atoms with Gasteiger partial charge in [0.1, 0.15) is 18.1 Å². The van der Waals surface area contributed by atoms with Crippen molar-refractivity contribution in [1.82, 2.24) is 0 Å². The van der Waals surface area contributed by atoms with Crippen molar-refractivity contribution in [2.45, 2.75) is 18.7 Å². The summed E-state index contributed by atoms with van der Waals surface area (Å²) >= 11 is 0. The number of anilines is 2. The number of amides is 1. The van der Waals surface area contributed by atoms with Gasteiger partial charge in [-0.05, 0) is 74.0 Å². The summed E-state index contributed by atoms with van der Waals surface area (Å²) in [5.74, 6) is -0.515. The molecule has 0 bridgehead atoms. The zero-order chi connectivity index (χ0) is 22.6. The first-order valence-corrected chi connectivity index (χ1v) is 10.9. The largest absolute Gasteiger partial charge is 0.497 e. The van der Waals surface area contributed by atoms with E-state index in [2.05, 4.69) is 5.32 Å². The fraction of sp³-hybridized carbons (Fsp3) is 0.174. The van der Waals surface area contributed by atoms with Crippen molar-refractivity contribution in [3.63, 3.8) is 0 Å². The molecular weight excluding hydrogens is 419 g/mol. The van der Waals surface area contributed by atoms with Gasteiger partial charge >= 0.3 is 0 Å². The summed E-state index contributed by atoms with van der Waals surface area (Å²) in [6.45, 7) is 3.34. The molecular formula is C23H23FN2O4S. The normalized spacial score (nSPS) is 11.1. The molecule has 6 nitrogen and oxygen atoms in total. The first-order valence-electron chi connectivity index (χ1n) is 9.50. The van der Waals surface area contributed by atoms with Gasteiger partial charge in [0.2, 0.25) is 5.91 Å². The molecule has 0 unspecified atom stereocenters. The van der Waals surface area contributed by atoms with Crippen LogP contribution in [0.1, 0.15) is 11.1 Å². The van der Waals surface area contributed by atoms with Crippen LogP contribution in [0.25, 0.3) is 0 Å². The van der Waals surface area contributed by atoms with Gasteiger partial charge in [-0.3, -0.25) is 9.10 Å². The molecule has 1 amide bonds. The Labute approximate surface area is 181 Å². The number of benzene rings is 3. The van der Waals surface area contributed by atoms with E-state index < -0.39 is 28.3 Å². The molecule has 3 rings (SSSR count). The summed E-state index contributed by atoms with van der Waals surface area (Å²) in [7, 11) is -2.63. The van der Waals surface area contributed by atoms with Crippen LogP contribution in [0.5, 0.6) is 5.75 Å². The second kappa shape index (κ2) is 9.18. The van der Waals surface area contributed by atoms with Gasteiger partial charge in [0.25, 0.3) is 10.0 Å². The SMILES string of the molecule is COc1ccc(N(CC(=O)Nc2ccc(C)cc2C)S(=O)(=O)c2ccc(F)cc2)cc1. The molecule has 0 saturated heterocycles. The van der Waals surface area contributed by atoms with Crippen molar-refractivity contribution < 1.29 is 22.3 Å². The number of hydrogen-bond acceptors (Lipinski definition) is 4. The third kappa shape index (κ3) is 5.21. The molecule has 0 aliphatic heterocycles. The van der Waals surface area contributed by atoms with Gasteiger partial charge in [0, 0.05) is 5.69 Å². The number of carbonyl (C=O) groups excluding carboxylic acids is 1. The number of aryl methyl sites for hydroxylation is 2. The van der Waals surface area contributed by atoms with Gasteiger partial charge < -0.3 is 10.1 Å². The zero-order valence-electron chi connectivity index (χ0n) is 17.4. The van der Waals surface area contributed by atoms with Crippen LogP contribution < -0.4 is 14.4 Å². The number of halogens is 1. The summed E-state index contributed by atoms with van der Waals surface area (Å²) in [4.78, 5) is 12.7. The Bertz CT molecular complexity index is 1180. The fourth-order valence-corrected chi connectivity index (χ4v) is 4.49. The maximum atomic E-state index is 13.3. The maximum absolute atomic E-state index is 13.3. The van der Waals surface area contributed by atoms with E-state index in [1.54, 1.807) is 30.3 Å². The van der Waals surface area contributed by atoms with Gasteiger partial charge in [-0.2, -0.15) is 0 Å². The number of rotatable bonds is 7. The van der Waals surface area contributed by atoms with E-state index in [9.17, 15) is 17.6 Å². The van der Waals surface area contributed by atoms with Crippen LogP contribution in [0.4, 0.5) is 15.8 Å². The predicted molar refractivity (Wildman–Crippen MR) is 118 cm³/mol. The number of nitrogens with zero attached hydrogens (tertiary/aromatic N) is 1. The van der Waals surface area contributed by atoms with Crippen molar-refractivity contribution in [3.8, 4) is 5.75 Å². The van der Waals surface area contributed by atoms with Crippen LogP contribution in [0.2, 0.25) is 0 Å². The van der Waals surface area contributed by atoms with Crippen molar-refractivity contribution in [2.75, 3.05) is 23.3 Å². The molecule has 0 aliphatic carbocycles. The molecule has 0 aromatic heterocycles. The van der Waals surface area contributed by atoms with Crippen LogP contribution in [0.15, 0.2) is 71.6 Å². The van der Waals surface area contributed by atoms with Crippen molar-refractivity contribution in [1.29, 1.82) is 0 Å². The monoisotopic (exact) mass is 442 g/mol. The lowest BCUT2D eigenvalue weighted by Gasteiger charge is -2.24. The molecule has 0 atom stereocenters. The average molecular weight is 443 g/mol. The van der Waals surface area contributed by atoms with Crippen LogP contribution in [0.3, 0.4) is 0 Å². The minimum absolute atomic E-state index is 0.121. The molecule has 0 saturated carbocycles. The Morgan fingerprint density at radius 2 is 1.65 bits per heavy atom. The second-order valence-corrected chi connectivity index (χ2v) is 8.89. The van der Waals surface area contributed by atoms with E-state index in [0.29, 0.717) is 11.4 Å². The third-order valence-electron chi connectivity index (χ3n) is 4.71. The second-order valence-electron chi connectivity index (χ2n) is 7.03. The summed E-state index contributed by atoms with van der Waals surface area (Å²) in [6.07, 6.45) is 0.